The van der Waals surface area contributed by atoms with Gasteiger partial charge in [0.15, 0.2) is 0 Å². The average molecular weight is 330 g/mol. The Labute approximate surface area is 135 Å². The molecule has 0 atom stereocenters. The highest BCUT2D eigenvalue weighted by molar-refractivity contribution is 6.36. The fourth-order valence-corrected chi connectivity index (χ4v) is 3.28. The van der Waals surface area contributed by atoms with Gasteiger partial charge < -0.3 is 10.4 Å². The normalized spacial score (nSPS) is 18.0. The molecule has 0 aromatic heterocycles. The lowest BCUT2D eigenvalue weighted by atomic mass is 9.94. The topological polar surface area (TPSA) is 49.3 Å². The number of hydrogen-bond acceptors (Lipinski definition) is 2. The van der Waals surface area contributed by atoms with Crippen LogP contribution in [-0.4, -0.2) is 23.2 Å². The van der Waals surface area contributed by atoms with Crippen LogP contribution in [0.3, 0.4) is 0 Å². The molecule has 21 heavy (non-hydrogen) atoms. The van der Waals surface area contributed by atoms with Crippen LogP contribution in [0.5, 0.6) is 0 Å². The van der Waals surface area contributed by atoms with Gasteiger partial charge in [-0.1, -0.05) is 55.0 Å². The number of aliphatic hydroxyl groups is 1. The summed E-state index contributed by atoms with van der Waals surface area (Å²) < 4.78 is 0. The van der Waals surface area contributed by atoms with E-state index in [1.165, 1.54) is 0 Å². The van der Waals surface area contributed by atoms with E-state index in [0.717, 1.165) is 38.5 Å². The molecule has 0 bridgehead atoms. The Hall–Kier alpha value is -0.770. The zero-order chi connectivity index (χ0) is 15.3. The van der Waals surface area contributed by atoms with Crippen LogP contribution in [-0.2, 0) is 11.2 Å². The molecule has 2 N–H and O–H groups in total. The van der Waals surface area contributed by atoms with Gasteiger partial charge in [-0.05, 0) is 30.5 Å². The second kappa shape index (κ2) is 7.48. The molecule has 1 aromatic carbocycles. The molecule has 2 rings (SSSR count). The zero-order valence-corrected chi connectivity index (χ0v) is 13.5. The van der Waals surface area contributed by atoms with E-state index in [-0.39, 0.29) is 12.3 Å². The number of carbonyl (C=O) groups excluding carboxylic acids is 1. The Morgan fingerprint density at radius 1 is 1.14 bits per heavy atom. The molecule has 116 valence electrons. The molecule has 5 heteroatoms. The summed E-state index contributed by atoms with van der Waals surface area (Å²) in [6.07, 6.45) is 5.98. The molecule has 0 aliphatic heterocycles. The maximum atomic E-state index is 12.0. The predicted molar refractivity (Wildman–Crippen MR) is 85.8 cm³/mol. The summed E-state index contributed by atoms with van der Waals surface area (Å²) in [4.78, 5) is 12.0. The van der Waals surface area contributed by atoms with Crippen LogP contribution in [0.1, 0.15) is 44.1 Å². The zero-order valence-electron chi connectivity index (χ0n) is 12.0. The fourth-order valence-electron chi connectivity index (χ4n) is 2.75. The quantitative estimate of drug-likeness (QED) is 0.827. The van der Waals surface area contributed by atoms with Crippen LogP contribution in [0.2, 0.25) is 10.0 Å². The first-order valence-electron chi connectivity index (χ1n) is 7.42. The van der Waals surface area contributed by atoms with Crippen LogP contribution >= 0.6 is 23.2 Å². The predicted octanol–water partition coefficient (Wildman–Crippen LogP) is 3.74. The van der Waals surface area contributed by atoms with Crippen molar-refractivity contribution in [2.45, 2.75) is 50.5 Å². The Kier molecular flexibility index (Phi) is 5.91. The Morgan fingerprint density at radius 2 is 1.71 bits per heavy atom. The molecular formula is C16H21Cl2NO2. The minimum absolute atomic E-state index is 0.134. The Morgan fingerprint density at radius 3 is 2.29 bits per heavy atom. The lowest BCUT2D eigenvalue weighted by Crippen LogP contribution is -2.43. The molecule has 1 aromatic rings. The molecule has 1 amide bonds. The van der Waals surface area contributed by atoms with Gasteiger partial charge >= 0.3 is 0 Å². The van der Waals surface area contributed by atoms with Gasteiger partial charge in [-0.2, -0.15) is 0 Å². The lowest BCUT2D eigenvalue weighted by molar-refractivity contribution is -0.121. The van der Waals surface area contributed by atoms with Crippen molar-refractivity contribution < 1.29 is 9.90 Å². The second-order valence-corrected chi connectivity index (χ2v) is 6.61. The third-order valence-electron chi connectivity index (χ3n) is 4.05. The molecule has 1 fully saturated rings. The second-order valence-electron chi connectivity index (χ2n) is 5.79. The number of benzene rings is 1. The highest BCUT2D eigenvalue weighted by Gasteiger charge is 2.28. The molecular weight excluding hydrogens is 309 g/mol. The van der Waals surface area contributed by atoms with Gasteiger partial charge in [-0.25, -0.2) is 0 Å². The summed E-state index contributed by atoms with van der Waals surface area (Å²) in [6, 6.07) is 5.18. The van der Waals surface area contributed by atoms with Crippen molar-refractivity contribution in [2.75, 3.05) is 6.54 Å². The first kappa shape index (κ1) is 16.6. The van der Waals surface area contributed by atoms with E-state index in [4.69, 9.17) is 23.2 Å². The van der Waals surface area contributed by atoms with E-state index in [0.29, 0.717) is 22.2 Å². The van der Waals surface area contributed by atoms with Crippen LogP contribution < -0.4 is 5.32 Å². The van der Waals surface area contributed by atoms with E-state index in [9.17, 15) is 9.90 Å². The van der Waals surface area contributed by atoms with Crippen LogP contribution in [0.25, 0.3) is 0 Å². The summed E-state index contributed by atoms with van der Waals surface area (Å²) in [6.45, 7) is 0.300. The van der Waals surface area contributed by atoms with E-state index in [1.54, 1.807) is 18.2 Å². The molecule has 0 spiro atoms. The van der Waals surface area contributed by atoms with Crippen molar-refractivity contribution in [3.63, 3.8) is 0 Å². The van der Waals surface area contributed by atoms with Crippen molar-refractivity contribution in [3.8, 4) is 0 Å². The molecule has 0 unspecified atom stereocenters. The van der Waals surface area contributed by atoms with Crippen LogP contribution in [0, 0.1) is 0 Å². The summed E-state index contributed by atoms with van der Waals surface area (Å²) >= 11 is 12.1. The molecule has 1 aliphatic carbocycles. The average Bonchev–Trinajstić information content (AvgIpc) is 2.66. The molecule has 3 nitrogen and oxygen atoms in total. The van der Waals surface area contributed by atoms with E-state index in [1.807, 2.05) is 0 Å². The van der Waals surface area contributed by atoms with Crippen molar-refractivity contribution in [1.82, 2.24) is 5.32 Å². The van der Waals surface area contributed by atoms with Gasteiger partial charge in [0.25, 0.3) is 0 Å². The largest absolute Gasteiger partial charge is 0.388 e. The Balaban J connectivity index is 1.90. The monoisotopic (exact) mass is 329 g/mol. The standard InChI is InChI=1S/C16H21Cl2NO2/c17-13-6-5-7-14(18)12(13)10-15(20)19-11-16(21)8-3-1-2-4-9-16/h5-7,21H,1-4,8-11H2,(H,19,20). The summed E-state index contributed by atoms with van der Waals surface area (Å²) in [5.41, 5.74) is -0.137. The van der Waals surface area contributed by atoms with Crippen molar-refractivity contribution in [1.29, 1.82) is 0 Å². The maximum Gasteiger partial charge on any atom is 0.224 e. The van der Waals surface area contributed by atoms with Gasteiger partial charge in [0.05, 0.1) is 12.0 Å². The number of hydrogen-bond donors (Lipinski definition) is 2. The molecule has 0 radical (unpaired) electrons. The fraction of sp³-hybridized carbons (Fsp3) is 0.562. The molecule has 0 saturated heterocycles. The van der Waals surface area contributed by atoms with Gasteiger partial charge in [0.2, 0.25) is 5.91 Å². The highest BCUT2D eigenvalue weighted by Crippen LogP contribution is 2.27. The molecule has 1 aliphatic rings. The number of halogens is 2. The highest BCUT2D eigenvalue weighted by atomic mass is 35.5. The van der Waals surface area contributed by atoms with E-state index >= 15 is 0 Å². The van der Waals surface area contributed by atoms with Crippen molar-refractivity contribution in [3.05, 3.63) is 33.8 Å². The third-order valence-corrected chi connectivity index (χ3v) is 4.76. The summed E-state index contributed by atoms with van der Waals surface area (Å²) in [5.74, 6) is -0.164. The molecule has 1 saturated carbocycles. The first-order chi connectivity index (χ1) is 10.0. The maximum absolute atomic E-state index is 12.0. The number of amides is 1. The summed E-state index contributed by atoms with van der Waals surface area (Å²) in [5, 5.41) is 14.3. The minimum Gasteiger partial charge on any atom is -0.388 e. The molecule has 0 heterocycles. The lowest BCUT2D eigenvalue weighted by Gasteiger charge is -2.26. The third kappa shape index (κ3) is 4.87. The van der Waals surface area contributed by atoms with Crippen LogP contribution in [0.15, 0.2) is 18.2 Å². The van der Waals surface area contributed by atoms with E-state index < -0.39 is 5.60 Å². The Bertz CT molecular complexity index is 477. The van der Waals surface area contributed by atoms with Crippen molar-refractivity contribution >= 4 is 29.1 Å². The number of rotatable bonds is 4. The summed E-state index contributed by atoms with van der Waals surface area (Å²) in [7, 11) is 0. The number of nitrogens with one attached hydrogen (secondary N) is 1. The van der Waals surface area contributed by atoms with E-state index in [2.05, 4.69) is 5.32 Å². The minimum atomic E-state index is -0.767. The number of carbonyl (C=O) groups is 1. The van der Waals surface area contributed by atoms with Crippen LogP contribution in [0.4, 0.5) is 0 Å². The SMILES string of the molecule is O=C(Cc1c(Cl)cccc1Cl)NCC1(O)CCCCCC1. The van der Waals surface area contributed by atoms with Crippen molar-refractivity contribution in [2.24, 2.45) is 0 Å². The van der Waals surface area contributed by atoms with Gasteiger partial charge in [0.1, 0.15) is 0 Å². The van der Waals surface area contributed by atoms with Gasteiger partial charge in [-0.3, -0.25) is 4.79 Å². The first-order valence-corrected chi connectivity index (χ1v) is 8.18. The van der Waals surface area contributed by atoms with Gasteiger partial charge in [0, 0.05) is 16.6 Å². The van der Waals surface area contributed by atoms with Gasteiger partial charge in [-0.15, -0.1) is 0 Å². The smallest absolute Gasteiger partial charge is 0.224 e.